The highest BCUT2D eigenvalue weighted by Crippen LogP contribution is 2.25. The summed E-state index contributed by atoms with van der Waals surface area (Å²) >= 11 is 0. The molecule has 4 heteroatoms. The number of carbonyl (C=O) groups excluding carboxylic acids is 1. The normalized spacial score (nSPS) is 10.2. The molecule has 0 spiro atoms. The zero-order valence-electron chi connectivity index (χ0n) is 13.2. The molecule has 0 aliphatic rings. The summed E-state index contributed by atoms with van der Waals surface area (Å²) < 4.78 is 10.7. The summed E-state index contributed by atoms with van der Waals surface area (Å²) in [5.41, 5.74) is 1.84. The van der Waals surface area contributed by atoms with Crippen molar-refractivity contribution in [2.45, 2.75) is 6.61 Å². The molecule has 3 aromatic rings. The Labute approximate surface area is 139 Å². The molecule has 0 radical (unpaired) electrons. The van der Waals surface area contributed by atoms with E-state index in [4.69, 9.17) is 14.7 Å². The fourth-order valence-corrected chi connectivity index (χ4v) is 2.57. The van der Waals surface area contributed by atoms with Gasteiger partial charge < -0.3 is 9.47 Å². The minimum absolute atomic E-state index is 0.237. The fourth-order valence-electron chi connectivity index (χ4n) is 2.57. The SMILES string of the molecule is COC(=O)c1c(COc2ccc(C#N)cc2)ccc2ccccc12. The van der Waals surface area contributed by atoms with Crippen molar-refractivity contribution in [3.05, 3.63) is 77.4 Å². The first kappa shape index (κ1) is 15.6. The summed E-state index contributed by atoms with van der Waals surface area (Å²) in [5, 5.41) is 10.6. The molecule has 0 aromatic heterocycles. The summed E-state index contributed by atoms with van der Waals surface area (Å²) in [6.45, 7) is 0.237. The molecule has 0 amide bonds. The molecule has 0 N–H and O–H groups in total. The van der Waals surface area contributed by atoms with Gasteiger partial charge in [0.1, 0.15) is 12.4 Å². The van der Waals surface area contributed by atoms with Gasteiger partial charge in [-0.1, -0.05) is 36.4 Å². The van der Waals surface area contributed by atoms with Gasteiger partial charge in [0.25, 0.3) is 0 Å². The number of rotatable bonds is 4. The van der Waals surface area contributed by atoms with Crippen LogP contribution in [0, 0.1) is 11.3 Å². The number of fused-ring (bicyclic) bond motifs is 1. The van der Waals surface area contributed by atoms with Gasteiger partial charge in [-0.3, -0.25) is 0 Å². The standard InChI is InChI=1S/C20H15NO3/c1-23-20(22)19-16(9-8-15-4-2-3-5-18(15)19)13-24-17-10-6-14(12-21)7-11-17/h2-11H,13H2,1H3. The van der Waals surface area contributed by atoms with E-state index in [1.54, 1.807) is 24.3 Å². The lowest BCUT2D eigenvalue weighted by atomic mass is 9.99. The molecule has 0 atom stereocenters. The van der Waals surface area contributed by atoms with E-state index >= 15 is 0 Å². The Balaban J connectivity index is 1.93. The topological polar surface area (TPSA) is 59.3 Å². The first-order chi connectivity index (χ1) is 11.7. The fraction of sp³-hybridized carbons (Fsp3) is 0.100. The Morgan fingerprint density at radius 1 is 1.04 bits per heavy atom. The van der Waals surface area contributed by atoms with Crippen molar-refractivity contribution in [2.24, 2.45) is 0 Å². The van der Waals surface area contributed by atoms with Crippen LogP contribution < -0.4 is 4.74 Å². The number of benzene rings is 3. The van der Waals surface area contributed by atoms with Crippen LogP contribution in [-0.2, 0) is 11.3 Å². The van der Waals surface area contributed by atoms with E-state index < -0.39 is 0 Å². The molecular weight excluding hydrogens is 302 g/mol. The second-order valence-corrected chi connectivity index (χ2v) is 5.24. The Kier molecular flexibility index (Phi) is 4.44. The molecule has 0 aliphatic carbocycles. The molecule has 0 fully saturated rings. The van der Waals surface area contributed by atoms with E-state index in [9.17, 15) is 4.79 Å². The van der Waals surface area contributed by atoms with Crippen molar-refractivity contribution in [1.82, 2.24) is 0 Å². The first-order valence-electron chi connectivity index (χ1n) is 7.45. The summed E-state index contributed by atoms with van der Waals surface area (Å²) in [6, 6.07) is 20.4. The maximum absolute atomic E-state index is 12.2. The van der Waals surface area contributed by atoms with Crippen molar-refractivity contribution in [1.29, 1.82) is 5.26 Å². The van der Waals surface area contributed by atoms with Crippen LogP contribution in [0.3, 0.4) is 0 Å². The van der Waals surface area contributed by atoms with Crippen molar-refractivity contribution in [3.63, 3.8) is 0 Å². The average molecular weight is 317 g/mol. The van der Waals surface area contributed by atoms with Gasteiger partial charge in [0, 0.05) is 5.56 Å². The maximum atomic E-state index is 12.2. The molecule has 0 saturated carbocycles. The van der Waals surface area contributed by atoms with Gasteiger partial charge in [-0.2, -0.15) is 5.26 Å². The highest BCUT2D eigenvalue weighted by molar-refractivity contribution is 6.05. The molecule has 3 rings (SSSR count). The molecule has 0 heterocycles. The number of esters is 1. The van der Waals surface area contributed by atoms with Gasteiger partial charge in [-0.15, -0.1) is 0 Å². The van der Waals surface area contributed by atoms with E-state index in [1.807, 2.05) is 36.4 Å². The average Bonchev–Trinajstić information content (AvgIpc) is 2.65. The highest BCUT2D eigenvalue weighted by Gasteiger charge is 2.16. The van der Waals surface area contributed by atoms with Gasteiger partial charge in [0.15, 0.2) is 0 Å². The van der Waals surface area contributed by atoms with Gasteiger partial charge >= 0.3 is 5.97 Å². The van der Waals surface area contributed by atoms with Crippen LogP contribution >= 0.6 is 0 Å². The maximum Gasteiger partial charge on any atom is 0.338 e. The van der Waals surface area contributed by atoms with E-state index in [0.29, 0.717) is 16.9 Å². The monoisotopic (exact) mass is 317 g/mol. The van der Waals surface area contributed by atoms with Crippen LogP contribution in [0.5, 0.6) is 5.75 Å². The van der Waals surface area contributed by atoms with Crippen LogP contribution in [0.25, 0.3) is 10.8 Å². The van der Waals surface area contributed by atoms with Gasteiger partial charge in [-0.05, 0) is 35.0 Å². The van der Waals surface area contributed by atoms with Crippen LogP contribution in [0.4, 0.5) is 0 Å². The van der Waals surface area contributed by atoms with Crippen molar-refractivity contribution in [3.8, 4) is 11.8 Å². The first-order valence-corrected chi connectivity index (χ1v) is 7.45. The van der Waals surface area contributed by atoms with Crippen LogP contribution in [0.2, 0.25) is 0 Å². The molecule has 0 saturated heterocycles. The predicted octanol–water partition coefficient (Wildman–Crippen LogP) is 4.08. The zero-order valence-corrected chi connectivity index (χ0v) is 13.2. The molecule has 0 bridgehead atoms. The third kappa shape index (κ3) is 3.06. The molecular formula is C20H15NO3. The molecule has 0 aliphatic heterocycles. The summed E-state index contributed by atoms with van der Waals surface area (Å²) in [5.74, 6) is 0.253. The highest BCUT2D eigenvalue weighted by atomic mass is 16.5. The van der Waals surface area contributed by atoms with Crippen LogP contribution in [-0.4, -0.2) is 13.1 Å². The number of carbonyl (C=O) groups is 1. The Morgan fingerprint density at radius 3 is 2.50 bits per heavy atom. The Hall–Kier alpha value is -3.32. The van der Waals surface area contributed by atoms with Crippen LogP contribution in [0.15, 0.2) is 60.7 Å². The number of hydrogen-bond acceptors (Lipinski definition) is 4. The number of methoxy groups -OCH3 is 1. The lowest BCUT2D eigenvalue weighted by Gasteiger charge is -2.12. The molecule has 4 nitrogen and oxygen atoms in total. The second-order valence-electron chi connectivity index (χ2n) is 5.24. The number of ether oxygens (including phenoxy) is 2. The molecule has 24 heavy (non-hydrogen) atoms. The third-order valence-corrected chi connectivity index (χ3v) is 3.78. The minimum atomic E-state index is -0.384. The Bertz CT molecular complexity index is 924. The van der Waals surface area contributed by atoms with Crippen molar-refractivity contribution >= 4 is 16.7 Å². The summed E-state index contributed by atoms with van der Waals surface area (Å²) in [6.07, 6.45) is 0. The lowest BCUT2D eigenvalue weighted by molar-refractivity contribution is 0.0600. The van der Waals surface area contributed by atoms with E-state index in [2.05, 4.69) is 6.07 Å². The zero-order chi connectivity index (χ0) is 16.9. The number of nitrogens with zero attached hydrogens (tertiary/aromatic N) is 1. The van der Waals surface area contributed by atoms with Crippen LogP contribution in [0.1, 0.15) is 21.5 Å². The Morgan fingerprint density at radius 2 is 1.79 bits per heavy atom. The number of hydrogen-bond donors (Lipinski definition) is 0. The largest absolute Gasteiger partial charge is 0.489 e. The van der Waals surface area contributed by atoms with Crippen molar-refractivity contribution in [2.75, 3.05) is 7.11 Å². The van der Waals surface area contributed by atoms with Gasteiger partial charge in [-0.25, -0.2) is 4.79 Å². The predicted molar refractivity (Wildman–Crippen MR) is 90.8 cm³/mol. The van der Waals surface area contributed by atoms with Gasteiger partial charge in [0.2, 0.25) is 0 Å². The molecule has 3 aromatic carbocycles. The smallest absolute Gasteiger partial charge is 0.338 e. The van der Waals surface area contributed by atoms with E-state index in [0.717, 1.165) is 16.3 Å². The summed E-state index contributed by atoms with van der Waals surface area (Å²) in [7, 11) is 1.37. The van der Waals surface area contributed by atoms with E-state index in [1.165, 1.54) is 7.11 Å². The van der Waals surface area contributed by atoms with E-state index in [-0.39, 0.29) is 12.6 Å². The summed E-state index contributed by atoms with van der Waals surface area (Å²) in [4.78, 5) is 12.2. The number of nitriles is 1. The second kappa shape index (κ2) is 6.84. The molecule has 118 valence electrons. The van der Waals surface area contributed by atoms with Gasteiger partial charge in [0.05, 0.1) is 24.3 Å². The molecule has 0 unspecified atom stereocenters. The minimum Gasteiger partial charge on any atom is -0.489 e. The quantitative estimate of drug-likeness (QED) is 0.680. The third-order valence-electron chi connectivity index (χ3n) is 3.78. The van der Waals surface area contributed by atoms with Crippen molar-refractivity contribution < 1.29 is 14.3 Å². The lowest BCUT2D eigenvalue weighted by Crippen LogP contribution is -2.09.